The lowest BCUT2D eigenvalue weighted by Crippen LogP contribution is -2.03. The average Bonchev–Trinajstić information content (AvgIpc) is 2.49. The molecular weight excluding hydrogens is 314 g/mol. The van der Waals surface area contributed by atoms with E-state index >= 15 is 0 Å². The molecule has 0 aliphatic rings. The zero-order valence-electron chi connectivity index (χ0n) is 10.8. The number of fused-ring (bicyclic) bond motifs is 1. The van der Waals surface area contributed by atoms with Gasteiger partial charge in [0.2, 0.25) is 0 Å². The molecular formula is C17H14BrNO. The van der Waals surface area contributed by atoms with Crippen molar-refractivity contribution < 1.29 is 5.11 Å². The second kappa shape index (κ2) is 5.73. The van der Waals surface area contributed by atoms with Crippen molar-refractivity contribution in [3.63, 3.8) is 0 Å². The summed E-state index contributed by atoms with van der Waals surface area (Å²) in [6, 6.07) is 17.9. The highest BCUT2D eigenvalue weighted by atomic mass is 79.9. The Morgan fingerprint density at radius 1 is 1.05 bits per heavy atom. The largest absolute Gasteiger partial charge is 0.388 e. The Hall–Kier alpha value is -1.71. The quantitative estimate of drug-likeness (QED) is 0.779. The van der Waals surface area contributed by atoms with Crippen molar-refractivity contribution in [3.8, 4) is 0 Å². The number of halogens is 1. The van der Waals surface area contributed by atoms with Crippen molar-refractivity contribution in [3.05, 3.63) is 76.4 Å². The Kier molecular flexibility index (Phi) is 3.81. The number of rotatable bonds is 3. The monoisotopic (exact) mass is 327 g/mol. The summed E-state index contributed by atoms with van der Waals surface area (Å²) in [7, 11) is 0. The molecule has 2 aromatic carbocycles. The first-order valence-corrected chi connectivity index (χ1v) is 7.29. The first kappa shape index (κ1) is 13.3. The normalized spacial score (nSPS) is 12.5. The second-order valence-electron chi connectivity index (χ2n) is 4.77. The van der Waals surface area contributed by atoms with E-state index in [1.165, 1.54) is 0 Å². The Morgan fingerprint density at radius 2 is 1.80 bits per heavy atom. The Bertz CT molecular complexity index is 742. The Balaban J connectivity index is 1.89. The van der Waals surface area contributed by atoms with Crippen LogP contribution in [0.2, 0.25) is 0 Å². The molecule has 0 aliphatic carbocycles. The highest BCUT2D eigenvalue weighted by Crippen LogP contribution is 2.25. The molecule has 1 N–H and O–H groups in total. The molecule has 100 valence electrons. The number of para-hydroxylation sites is 1. The fourth-order valence-electron chi connectivity index (χ4n) is 2.26. The molecule has 1 aromatic heterocycles. The summed E-state index contributed by atoms with van der Waals surface area (Å²) in [5.74, 6) is 0. The van der Waals surface area contributed by atoms with Gasteiger partial charge in [0.05, 0.1) is 11.6 Å². The lowest BCUT2D eigenvalue weighted by Gasteiger charge is -2.12. The van der Waals surface area contributed by atoms with Gasteiger partial charge >= 0.3 is 0 Å². The lowest BCUT2D eigenvalue weighted by atomic mass is 10.0. The minimum atomic E-state index is -0.550. The van der Waals surface area contributed by atoms with Crippen LogP contribution in [0.25, 0.3) is 10.9 Å². The molecule has 2 nitrogen and oxygen atoms in total. The van der Waals surface area contributed by atoms with E-state index < -0.39 is 6.10 Å². The molecule has 1 atom stereocenters. The van der Waals surface area contributed by atoms with Gasteiger partial charge in [0, 0.05) is 22.5 Å². The van der Waals surface area contributed by atoms with Gasteiger partial charge in [-0.25, -0.2) is 0 Å². The molecule has 3 aromatic rings. The van der Waals surface area contributed by atoms with Crippen molar-refractivity contribution in [2.45, 2.75) is 12.5 Å². The summed E-state index contributed by atoms with van der Waals surface area (Å²) in [5.41, 5.74) is 2.89. The van der Waals surface area contributed by atoms with Crippen molar-refractivity contribution in [1.29, 1.82) is 0 Å². The molecule has 0 saturated carbocycles. The van der Waals surface area contributed by atoms with Crippen molar-refractivity contribution in [2.75, 3.05) is 0 Å². The van der Waals surface area contributed by atoms with Gasteiger partial charge in [0.15, 0.2) is 0 Å². The van der Waals surface area contributed by atoms with Crippen LogP contribution in [-0.2, 0) is 6.42 Å². The van der Waals surface area contributed by atoms with Crippen molar-refractivity contribution >= 4 is 26.8 Å². The first-order valence-electron chi connectivity index (χ1n) is 6.50. The Labute approximate surface area is 126 Å². The van der Waals surface area contributed by atoms with Crippen LogP contribution in [0, 0.1) is 0 Å². The highest BCUT2D eigenvalue weighted by molar-refractivity contribution is 9.10. The molecule has 0 saturated heterocycles. The van der Waals surface area contributed by atoms with E-state index in [1.807, 2.05) is 54.6 Å². The minimum absolute atomic E-state index is 0.550. The number of aliphatic hydroxyl groups is 1. The number of hydrogen-bond donors (Lipinski definition) is 1. The SMILES string of the molecule is OC(Cc1ccccc1Br)c1cnc2ccccc2c1. The Morgan fingerprint density at radius 3 is 2.65 bits per heavy atom. The van der Waals surface area contributed by atoms with Gasteiger partial charge in [-0.15, -0.1) is 0 Å². The summed E-state index contributed by atoms with van der Waals surface area (Å²) in [4.78, 5) is 4.39. The van der Waals surface area contributed by atoms with E-state index in [9.17, 15) is 5.11 Å². The van der Waals surface area contributed by atoms with Crippen LogP contribution < -0.4 is 0 Å². The summed E-state index contributed by atoms with van der Waals surface area (Å²) in [6.07, 6.45) is 1.77. The van der Waals surface area contributed by atoms with Crippen LogP contribution >= 0.6 is 15.9 Å². The second-order valence-corrected chi connectivity index (χ2v) is 5.63. The number of aromatic nitrogens is 1. The predicted molar refractivity (Wildman–Crippen MR) is 84.5 cm³/mol. The number of pyridine rings is 1. The predicted octanol–water partition coefficient (Wildman–Crippen LogP) is 4.27. The van der Waals surface area contributed by atoms with E-state index in [2.05, 4.69) is 20.9 Å². The van der Waals surface area contributed by atoms with E-state index in [1.54, 1.807) is 6.20 Å². The standard InChI is InChI=1S/C17H14BrNO/c18-15-7-3-1-5-12(15)10-17(20)14-9-13-6-2-4-8-16(13)19-11-14/h1-9,11,17,20H,10H2. The van der Waals surface area contributed by atoms with Gasteiger partial charge < -0.3 is 5.11 Å². The van der Waals surface area contributed by atoms with E-state index in [0.717, 1.165) is 26.5 Å². The zero-order valence-corrected chi connectivity index (χ0v) is 12.4. The third-order valence-electron chi connectivity index (χ3n) is 3.37. The van der Waals surface area contributed by atoms with Gasteiger partial charge in [-0.3, -0.25) is 4.98 Å². The van der Waals surface area contributed by atoms with E-state index in [-0.39, 0.29) is 0 Å². The van der Waals surface area contributed by atoms with Crippen LogP contribution in [0.15, 0.2) is 65.3 Å². The topological polar surface area (TPSA) is 33.1 Å². The molecule has 3 heteroatoms. The summed E-state index contributed by atoms with van der Waals surface area (Å²) in [5, 5.41) is 11.4. The number of nitrogens with zero attached hydrogens (tertiary/aromatic N) is 1. The molecule has 0 amide bonds. The number of hydrogen-bond acceptors (Lipinski definition) is 2. The maximum atomic E-state index is 10.4. The molecule has 1 unspecified atom stereocenters. The van der Waals surface area contributed by atoms with E-state index in [0.29, 0.717) is 6.42 Å². The molecule has 1 heterocycles. The molecule has 20 heavy (non-hydrogen) atoms. The van der Waals surface area contributed by atoms with Crippen molar-refractivity contribution in [1.82, 2.24) is 4.98 Å². The molecule has 0 bridgehead atoms. The van der Waals surface area contributed by atoms with Crippen LogP contribution in [0.5, 0.6) is 0 Å². The molecule has 0 radical (unpaired) electrons. The fraction of sp³-hybridized carbons (Fsp3) is 0.118. The number of aliphatic hydroxyl groups excluding tert-OH is 1. The highest BCUT2D eigenvalue weighted by Gasteiger charge is 2.11. The first-order chi connectivity index (χ1) is 9.74. The third kappa shape index (κ3) is 2.74. The smallest absolute Gasteiger partial charge is 0.0845 e. The van der Waals surface area contributed by atoms with Gasteiger partial charge in [0.1, 0.15) is 0 Å². The maximum absolute atomic E-state index is 10.4. The zero-order chi connectivity index (χ0) is 13.9. The van der Waals surface area contributed by atoms with Crippen LogP contribution in [0.3, 0.4) is 0 Å². The van der Waals surface area contributed by atoms with E-state index in [4.69, 9.17) is 0 Å². The van der Waals surface area contributed by atoms with Crippen LogP contribution in [0.1, 0.15) is 17.2 Å². The maximum Gasteiger partial charge on any atom is 0.0845 e. The van der Waals surface area contributed by atoms with Gasteiger partial charge in [-0.2, -0.15) is 0 Å². The minimum Gasteiger partial charge on any atom is -0.388 e. The van der Waals surface area contributed by atoms with Crippen molar-refractivity contribution in [2.24, 2.45) is 0 Å². The average molecular weight is 328 g/mol. The van der Waals surface area contributed by atoms with Gasteiger partial charge in [-0.05, 0) is 29.3 Å². The molecule has 3 rings (SSSR count). The van der Waals surface area contributed by atoms with Gasteiger partial charge in [0.25, 0.3) is 0 Å². The van der Waals surface area contributed by atoms with Gasteiger partial charge in [-0.1, -0.05) is 52.3 Å². The van der Waals surface area contributed by atoms with Crippen LogP contribution in [0.4, 0.5) is 0 Å². The third-order valence-corrected chi connectivity index (χ3v) is 4.14. The molecule has 0 aliphatic heterocycles. The molecule has 0 fully saturated rings. The number of benzene rings is 2. The molecule has 0 spiro atoms. The summed E-state index contributed by atoms with van der Waals surface area (Å²) in [6.45, 7) is 0. The summed E-state index contributed by atoms with van der Waals surface area (Å²) < 4.78 is 1.02. The lowest BCUT2D eigenvalue weighted by molar-refractivity contribution is 0.178. The fourth-order valence-corrected chi connectivity index (χ4v) is 2.71. The summed E-state index contributed by atoms with van der Waals surface area (Å²) >= 11 is 3.51. The van der Waals surface area contributed by atoms with Crippen LogP contribution in [-0.4, -0.2) is 10.1 Å².